The minimum atomic E-state index is -1.97. The summed E-state index contributed by atoms with van der Waals surface area (Å²) in [6.07, 6.45) is -26.1. The Morgan fingerprint density at radius 2 is 1.01 bits per heavy atom. The van der Waals surface area contributed by atoms with Crippen LogP contribution in [-0.2, 0) is 66.5 Å². The van der Waals surface area contributed by atoms with E-state index < -0.39 is 246 Å². The molecule has 34 nitrogen and oxygen atoms in total. The molecule has 14 unspecified atom stereocenters. The molecule has 30 atom stereocenters. The van der Waals surface area contributed by atoms with Crippen LogP contribution in [0.1, 0.15) is 110 Å². The second-order valence-electron chi connectivity index (χ2n) is 26.3. The Kier molecular flexibility index (Phi) is 31.8. The van der Waals surface area contributed by atoms with Gasteiger partial charge in [0.15, 0.2) is 25.2 Å². The summed E-state index contributed by atoms with van der Waals surface area (Å²) in [4.78, 5) is 65.4. The molecule has 0 bridgehead atoms. The zero-order valence-electron chi connectivity index (χ0n) is 56.7. The molecule has 6 aliphatic rings. The second kappa shape index (κ2) is 38.6. The van der Waals surface area contributed by atoms with Crippen molar-refractivity contribution in [3.8, 4) is 5.75 Å². The highest BCUT2D eigenvalue weighted by Crippen LogP contribution is 2.40. The number of benzene rings is 1. The van der Waals surface area contributed by atoms with Gasteiger partial charge >= 0.3 is 0 Å². The summed E-state index contributed by atoms with van der Waals surface area (Å²) in [5.74, 6) is -5.67. The lowest BCUT2D eigenvalue weighted by molar-refractivity contribution is -0.342. The lowest BCUT2D eigenvalue weighted by Crippen LogP contribution is -2.70. The van der Waals surface area contributed by atoms with Gasteiger partial charge in [0.1, 0.15) is 109 Å². The third-order valence-electron chi connectivity index (χ3n) is 18.9. The molecule has 0 aromatic heterocycles. The van der Waals surface area contributed by atoms with E-state index in [0.717, 1.165) is 53.4 Å². The molecule has 7 rings (SSSR count). The van der Waals surface area contributed by atoms with Crippen LogP contribution in [0.4, 0.5) is 0 Å². The van der Waals surface area contributed by atoms with Crippen LogP contribution in [0, 0.1) is 11.8 Å². The number of aliphatic hydroxyl groups is 13. The summed E-state index contributed by atoms with van der Waals surface area (Å²) in [5, 5.41) is 160. The first-order chi connectivity index (χ1) is 47.2. The smallest absolute Gasteiger partial charge is 0.251 e. The molecule has 2 saturated carbocycles. The summed E-state index contributed by atoms with van der Waals surface area (Å²) in [5.41, 5.74) is 0.0639. The number of aliphatic hydroxyl groups excluding tert-OH is 13. The first-order valence-electron chi connectivity index (χ1n) is 33.9. The van der Waals surface area contributed by atoms with E-state index in [2.05, 4.69) is 45.7 Å². The van der Waals surface area contributed by atoms with Crippen molar-refractivity contribution in [1.82, 2.24) is 26.6 Å². The normalized spacial score (nSPS) is 39.6. The van der Waals surface area contributed by atoms with E-state index in [9.17, 15) is 90.4 Å². The van der Waals surface area contributed by atoms with E-state index >= 15 is 0 Å². The third kappa shape index (κ3) is 21.0. The van der Waals surface area contributed by atoms with E-state index in [0.29, 0.717) is 18.8 Å². The number of rotatable bonds is 32. The monoisotopic (exact) mass is 1420 g/mol. The number of nitrogens with one attached hydrogen (secondary N) is 5. The van der Waals surface area contributed by atoms with Crippen molar-refractivity contribution in [3.05, 3.63) is 42.0 Å². The summed E-state index contributed by atoms with van der Waals surface area (Å²) >= 11 is 0. The SMILES string of the molecule is CCCCCC/C=C\CCCOc1cccc(C(=O)N[C@@H]2C(O[C@H]3C(O)C(NC(C)=O)C(OC4C(CO)C[C@@H](O[C@H]5C(O)C(NC(C)=O)C(OC6C(CO[C@@H]7OC(C)C(O)[C@H](O)[C@H]7OC)O[C@@H](O)[C@@H](NC(C)=O)[C@H]6O)C[C@H]5CO)[C@@H](NC(C)=O)[C@H]4O)O[C@H]3CO)OC(CO)[C@@H](O)[C@@H]2O)c1. The maximum absolute atomic E-state index is 14.0. The molecule has 0 radical (unpaired) electrons. The molecule has 6 fully saturated rings. The molecular formula is C65H105N5O29. The van der Waals surface area contributed by atoms with Crippen LogP contribution >= 0.6 is 0 Å². The maximum atomic E-state index is 14.0. The minimum Gasteiger partial charge on any atom is -0.494 e. The topological polar surface area (TPSA) is 510 Å². The highest BCUT2D eigenvalue weighted by Gasteiger charge is 2.58. The van der Waals surface area contributed by atoms with Gasteiger partial charge in [0.2, 0.25) is 23.6 Å². The van der Waals surface area contributed by atoms with Gasteiger partial charge in [0.05, 0.1) is 69.0 Å². The molecule has 18 N–H and O–H groups in total. The van der Waals surface area contributed by atoms with Crippen molar-refractivity contribution in [3.63, 3.8) is 0 Å². The van der Waals surface area contributed by atoms with Crippen molar-refractivity contribution < 1.29 is 142 Å². The Morgan fingerprint density at radius 3 is 1.58 bits per heavy atom. The number of ether oxygens (including phenoxy) is 11. The van der Waals surface area contributed by atoms with Crippen LogP contribution in [0.3, 0.4) is 0 Å². The van der Waals surface area contributed by atoms with Crippen molar-refractivity contribution in [2.75, 3.05) is 46.8 Å². The molecule has 5 amide bonds. The maximum Gasteiger partial charge on any atom is 0.251 e. The van der Waals surface area contributed by atoms with Gasteiger partial charge in [-0.25, -0.2) is 0 Å². The van der Waals surface area contributed by atoms with E-state index in [1.165, 1.54) is 39.0 Å². The van der Waals surface area contributed by atoms with Crippen molar-refractivity contribution in [2.45, 2.75) is 271 Å². The number of unbranched alkanes of at least 4 members (excludes halogenated alkanes) is 5. The fraction of sp³-hybridized carbons (Fsp3) is 0.800. The van der Waals surface area contributed by atoms with Gasteiger partial charge in [0.25, 0.3) is 5.91 Å². The number of carbonyl (C=O) groups is 5. The molecule has 564 valence electrons. The largest absolute Gasteiger partial charge is 0.494 e. The van der Waals surface area contributed by atoms with Crippen LogP contribution in [0.25, 0.3) is 0 Å². The molecule has 34 heteroatoms. The number of amides is 5. The molecule has 2 aliphatic carbocycles. The summed E-state index contributed by atoms with van der Waals surface area (Å²) in [6, 6.07) is -1.68. The van der Waals surface area contributed by atoms with E-state index in [1.54, 1.807) is 12.1 Å². The Bertz CT molecular complexity index is 2730. The minimum absolute atomic E-state index is 0.0639. The number of carbonyl (C=O) groups excluding carboxylic acids is 5. The molecule has 4 saturated heterocycles. The Morgan fingerprint density at radius 1 is 0.505 bits per heavy atom. The Hall–Kier alpha value is -4.81. The highest BCUT2D eigenvalue weighted by molar-refractivity contribution is 5.94. The fourth-order valence-electron chi connectivity index (χ4n) is 13.7. The van der Waals surface area contributed by atoms with Crippen LogP contribution in [-0.4, -0.2) is 314 Å². The summed E-state index contributed by atoms with van der Waals surface area (Å²) in [6.45, 7) is 4.46. The number of hydrogen-bond donors (Lipinski definition) is 18. The predicted molar refractivity (Wildman–Crippen MR) is 340 cm³/mol. The molecule has 99 heavy (non-hydrogen) atoms. The predicted octanol–water partition coefficient (Wildman–Crippen LogP) is -5.39. The van der Waals surface area contributed by atoms with E-state index in [1.807, 2.05) is 0 Å². The van der Waals surface area contributed by atoms with Crippen molar-refractivity contribution >= 4 is 29.5 Å². The van der Waals surface area contributed by atoms with Crippen molar-refractivity contribution in [2.24, 2.45) is 11.8 Å². The second-order valence-corrected chi connectivity index (χ2v) is 26.3. The zero-order valence-corrected chi connectivity index (χ0v) is 56.7. The fourth-order valence-corrected chi connectivity index (χ4v) is 13.7. The lowest BCUT2D eigenvalue weighted by atomic mass is 9.77. The first-order valence-corrected chi connectivity index (χ1v) is 33.9. The van der Waals surface area contributed by atoms with Crippen molar-refractivity contribution in [1.29, 1.82) is 0 Å². The third-order valence-corrected chi connectivity index (χ3v) is 18.9. The van der Waals surface area contributed by atoms with Crippen LogP contribution in [0.15, 0.2) is 36.4 Å². The van der Waals surface area contributed by atoms with Crippen LogP contribution in [0.2, 0.25) is 0 Å². The zero-order chi connectivity index (χ0) is 72.5. The van der Waals surface area contributed by atoms with Gasteiger partial charge in [-0.05, 0) is 63.6 Å². The lowest BCUT2D eigenvalue weighted by Gasteiger charge is -2.52. The Balaban J connectivity index is 1.07. The van der Waals surface area contributed by atoms with Gasteiger partial charge in [-0.3, -0.25) is 24.0 Å². The van der Waals surface area contributed by atoms with Gasteiger partial charge in [-0.2, -0.15) is 0 Å². The van der Waals surface area contributed by atoms with Gasteiger partial charge in [-0.1, -0.05) is 44.4 Å². The van der Waals surface area contributed by atoms with Crippen LogP contribution < -0.4 is 31.3 Å². The first kappa shape index (κ1) is 81.5. The van der Waals surface area contributed by atoms with E-state index in [4.69, 9.17) is 52.1 Å². The molecular weight excluding hydrogens is 1310 g/mol. The number of allylic oxidation sites excluding steroid dienone is 2. The molecule has 4 aliphatic heterocycles. The molecule has 1 aromatic carbocycles. The number of methoxy groups -OCH3 is 1. The average Bonchev–Trinajstić information content (AvgIpc) is 0.771. The van der Waals surface area contributed by atoms with Gasteiger partial charge in [0, 0.05) is 65.4 Å². The molecule has 0 spiro atoms. The van der Waals surface area contributed by atoms with E-state index in [-0.39, 0.29) is 18.4 Å². The average molecular weight is 1420 g/mol. The van der Waals surface area contributed by atoms with Gasteiger partial charge in [-0.15, -0.1) is 0 Å². The highest BCUT2D eigenvalue weighted by atomic mass is 16.7. The standard InChI is InChI=1S/C65H105N5O29/c1-8-9-10-11-12-13-14-15-16-20-90-37-19-17-18-34(21-37)61(87)70-46-50(81)49(80)40(26-73)96-63(46)99-58-41(27-74)97-64(47(54(58)85)69-33(6)78)98-57-36(25-72)23-38(43(52(57)83)66-30(3)75)93-56-35(24-71)22-39(44(51(56)82)67-31(4)76)94-59-42(95-62(88)45(53(59)84)68-32(5)77)28-91-65-60(89-7)55(86)48(79)29(2)92-65/h13-14,17-19,21,29,35-36,38-60,62-65,71-74,79-86,88H,8-12,15-16,20,22-28H2,1-7H3,(H,66,75)(H,67,76)(H,68,77)(H,69,78)(H,70,87)/b14-13-/t29?,35-,36?,38+,39?,40?,41-,42?,43+,44?,45-,46-,47?,48?,49+,50+,51?,52+,53+,54?,55-,56+,57?,58+,59?,60+,62+,63?,64?,65+/m0/s1. The van der Waals surface area contributed by atoms with Crippen LogP contribution in [0.5, 0.6) is 5.75 Å². The molecule has 4 heterocycles. The van der Waals surface area contributed by atoms with Gasteiger partial charge < -0.3 is 145 Å². The number of hydrogen-bond acceptors (Lipinski definition) is 29. The Labute approximate surface area is 573 Å². The summed E-state index contributed by atoms with van der Waals surface area (Å²) < 4.78 is 66.7. The quantitative estimate of drug-likeness (QED) is 0.0236. The molecule has 1 aromatic rings. The summed E-state index contributed by atoms with van der Waals surface area (Å²) in [7, 11) is 1.23.